The number of anilines is 1. The van der Waals surface area contributed by atoms with Gasteiger partial charge in [0.15, 0.2) is 0 Å². The number of hydrogen-bond acceptors (Lipinski definition) is 4. The zero-order valence-electron chi connectivity index (χ0n) is 13.4. The Labute approximate surface area is 145 Å². The van der Waals surface area contributed by atoms with E-state index in [1.165, 1.54) is 18.2 Å². The van der Waals surface area contributed by atoms with Crippen molar-refractivity contribution < 1.29 is 27.2 Å². The summed E-state index contributed by atoms with van der Waals surface area (Å²) in [5.41, 5.74) is -0.342. The van der Waals surface area contributed by atoms with Gasteiger partial charge >= 0.3 is 6.18 Å². The molecule has 0 radical (unpaired) electrons. The molecule has 1 atom stereocenters. The molecular weight excluding hydrogens is 356 g/mol. The second-order valence-corrected chi connectivity index (χ2v) is 5.82. The fourth-order valence-electron chi connectivity index (χ4n) is 2.87. The lowest BCUT2D eigenvalue weighted by atomic mass is 10.0. The average molecular weight is 370 g/mol. The summed E-state index contributed by atoms with van der Waals surface area (Å²) in [5, 5.41) is 11.2. The molecule has 0 aliphatic carbocycles. The van der Waals surface area contributed by atoms with E-state index < -0.39 is 28.6 Å². The molecule has 1 saturated heterocycles. The minimum Gasteiger partial charge on any atom is -0.370 e. The van der Waals surface area contributed by atoms with Crippen molar-refractivity contribution >= 4 is 11.4 Å². The van der Waals surface area contributed by atoms with Crippen LogP contribution in [0.1, 0.15) is 17.2 Å². The molecule has 0 spiro atoms. The van der Waals surface area contributed by atoms with Crippen LogP contribution in [-0.2, 0) is 10.9 Å². The van der Waals surface area contributed by atoms with E-state index >= 15 is 0 Å². The quantitative estimate of drug-likeness (QED) is 0.458. The van der Waals surface area contributed by atoms with Gasteiger partial charge in [-0.3, -0.25) is 10.1 Å². The first-order chi connectivity index (χ1) is 12.3. The molecule has 0 saturated carbocycles. The Morgan fingerprint density at radius 1 is 1.15 bits per heavy atom. The number of benzene rings is 2. The van der Waals surface area contributed by atoms with Gasteiger partial charge in [-0.25, -0.2) is 4.39 Å². The zero-order valence-corrected chi connectivity index (χ0v) is 13.4. The highest BCUT2D eigenvalue weighted by atomic mass is 19.4. The lowest BCUT2D eigenvalue weighted by Crippen LogP contribution is -2.38. The van der Waals surface area contributed by atoms with E-state index in [4.69, 9.17) is 4.74 Å². The molecule has 0 bridgehead atoms. The van der Waals surface area contributed by atoms with Crippen LogP contribution >= 0.6 is 0 Å². The second kappa shape index (κ2) is 6.91. The number of hydrogen-bond donors (Lipinski definition) is 0. The van der Waals surface area contributed by atoms with Gasteiger partial charge in [-0.15, -0.1) is 0 Å². The maximum Gasteiger partial charge on any atom is 0.416 e. The van der Waals surface area contributed by atoms with Crippen molar-refractivity contribution in [1.82, 2.24) is 0 Å². The minimum absolute atomic E-state index is 0.206. The Kier molecular flexibility index (Phi) is 4.82. The molecule has 5 nitrogen and oxygen atoms in total. The molecule has 1 aliphatic rings. The molecule has 138 valence electrons. The van der Waals surface area contributed by atoms with Crippen LogP contribution in [0, 0.1) is 15.9 Å². The van der Waals surface area contributed by atoms with E-state index in [1.807, 2.05) is 0 Å². The van der Waals surface area contributed by atoms with Gasteiger partial charge < -0.3 is 9.64 Å². The monoisotopic (exact) mass is 370 g/mol. The molecule has 1 fully saturated rings. The number of morpholine rings is 1. The van der Waals surface area contributed by atoms with Crippen LogP contribution in [0.15, 0.2) is 42.5 Å². The fraction of sp³-hybridized carbons (Fsp3) is 0.294. The van der Waals surface area contributed by atoms with Gasteiger partial charge in [-0.05, 0) is 29.8 Å². The highest BCUT2D eigenvalue weighted by molar-refractivity contribution is 5.63. The third-order valence-corrected chi connectivity index (χ3v) is 4.15. The topological polar surface area (TPSA) is 55.6 Å². The van der Waals surface area contributed by atoms with Gasteiger partial charge in [0.2, 0.25) is 0 Å². The summed E-state index contributed by atoms with van der Waals surface area (Å²) < 4.78 is 56.9. The molecule has 1 aliphatic heterocycles. The standard InChI is InChI=1S/C17H14F4N2O3/c18-13-5-6-14(15(9-13)23(24)25)22-7-8-26-16(10-22)11-1-3-12(4-2-11)17(19,20)21/h1-6,9,16H,7-8,10H2. The third kappa shape index (κ3) is 3.77. The summed E-state index contributed by atoms with van der Waals surface area (Å²) in [5.74, 6) is -0.715. The Bertz CT molecular complexity index is 809. The van der Waals surface area contributed by atoms with Crippen molar-refractivity contribution in [2.24, 2.45) is 0 Å². The molecule has 26 heavy (non-hydrogen) atoms. The zero-order chi connectivity index (χ0) is 18.9. The molecule has 1 heterocycles. The Hall–Kier alpha value is -2.68. The SMILES string of the molecule is O=[N+]([O-])c1cc(F)ccc1N1CCOC(c2ccc(C(F)(F)F)cc2)C1. The Balaban J connectivity index is 1.83. The van der Waals surface area contributed by atoms with Crippen molar-refractivity contribution in [2.45, 2.75) is 12.3 Å². The van der Waals surface area contributed by atoms with Crippen LogP contribution in [0.2, 0.25) is 0 Å². The van der Waals surface area contributed by atoms with Crippen LogP contribution < -0.4 is 4.90 Å². The molecular formula is C17H14F4N2O3. The first-order valence-electron chi connectivity index (χ1n) is 7.73. The molecule has 0 N–H and O–H groups in total. The van der Waals surface area contributed by atoms with Crippen LogP contribution in [0.5, 0.6) is 0 Å². The summed E-state index contributed by atoms with van der Waals surface area (Å²) in [4.78, 5) is 12.2. The van der Waals surface area contributed by atoms with Crippen molar-refractivity contribution in [3.05, 3.63) is 69.5 Å². The van der Waals surface area contributed by atoms with Crippen LogP contribution in [-0.4, -0.2) is 24.6 Å². The molecule has 2 aromatic carbocycles. The maximum atomic E-state index is 13.3. The van der Waals surface area contributed by atoms with Crippen molar-refractivity contribution in [1.29, 1.82) is 0 Å². The number of nitro benzene ring substituents is 1. The first kappa shape index (κ1) is 18.1. The van der Waals surface area contributed by atoms with Gasteiger partial charge in [0, 0.05) is 13.1 Å². The normalized spacial score (nSPS) is 18.0. The fourth-order valence-corrected chi connectivity index (χ4v) is 2.87. The number of rotatable bonds is 3. The second-order valence-electron chi connectivity index (χ2n) is 5.82. The Morgan fingerprint density at radius 3 is 2.46 bits per heavy atom. The summed E-state index contributed by atoms with van der Waals surface area (Å²) in [7, 11) is 0. The average Bonchev–Trinajstić information content (AvgIpc) is 2.61. The molecule has 0 amide bonds. The maximum absolute atomic E-state index is 13.3. The lowest BCUT2D eigenvalue weighted by molar-refractivity contribution is -0.384. The predicted molar refractivity (Wildman–Crippen MR) is 85.4 cm³/mol. The van der Waals surface area contributed by atoms with Crippen molar-refractivity contribution in [3.63, 3.8) is 0 Å². The Morgan fingerprint density at radius 2 is 1.85 bits per heavy atom. The van der Waals surface area contributed by atoms with Gasteiger partial charge in [0.25, 0.3) is 5.69 Å². The first-order valence-corrected chi connectivity index (χ1v) is 7.73. The van der Waals surface area contributed by atoms with E-state index in [9.17, 15) is 27.7 Å². The summed E-state index contributed by atoms with van der Waals surface area (Å²) in [6.45, 7) is 0.793. The number of alkyl halides is 3. The number of halogens is 4. The smallest absolute Gasteiger partial charge is 0.370 e. The number of ether oxygens (including phenoxy) is 1. The molecule has 2 aromatic rings. The van der Waals surface area contributed by atoms with E-state index in [1.54, 1.807) is 4.90 Å². The van der Waals surface area contributed by atoms with Crippen LogP contribution in [0.25, 0.3) is 0 Å². The van der Waals surface area contributed by atoms with Crippen LogP contribution in [0.3, 0.4) is 0 Å². The van der Waals surface area contributed by atoms with E-state index in [0.717, 1.165) is 24.3 Å². The van der Waals surface area contributed by atoms with E-state index in [-0.39, 0.29) is 24.5 Å². The highest BCUT2D eigenvalue weighted by Crippen LogP contribution is 2.34. The van der Waals surface area contributed by atoms with Crippen molar-refractivity contribution in [3.8, 4) is 0 Å². The van der Waals surface area contributed by atoms with Crippen molar-refractivity contribution in [2.75, 3.05) is 24.6 Å². The van der Waals surface area contributed by atoms with E-state index in [2.05, 4.69) is 0 Å². The molecule has 1 unspecified atom stereocenters. The number of nitrogens with zero attached hydrogens (tertiary/aromatic N) is 2. The van der Waals surface area contributed by atoms with Gasteiger partial charge in [0.1, 0.15) is 17.6 Å². The largest absolute Gasteiger partial charge is 0.416 e. The van der Waals surface area contributed by atoms with Crippen LogP contribution in [0.4, 0.5) is 28.9 Å². The minimum atomic E-state index is -4.42. The molecule has 3 rings (SSSR count). The van der Waals surface area contributed by atoms with Gasteiger partial charge in [0.05, 0.1) is 23.2 Å². The third-order valence-electron chi connectivity index (χ3n) is 4.15. The number of nitro groups is 1. The summed E-state index contributed by atoms with van der Waals surface area (Å²) >= 11 is 0. The van der Waals surface area contributed by atoms with Gasteiger partial charge in [-0.1, -0.05) is 12.1 Å². The molecule has 0 aromatic heterocycles. The molecule has 9 heteroatoms. The summed E-state index contributed by atoms with van der Waals surface area (Å²) in [6, 6.07) is 7.90. The summed E-state index contributed by atoms with van der Waals surface area (Å²) in [6.07, 6.45) is -4.97. The van der Waals surface area contributed by atoms with Gasteiger partial charge in [-0.2, -0.15) is 13.2 Å². The van der Waals surface area contributed by atoms with E-state index in [0.29, 0.717) is 12.1 Å². The highest BCUT2D eigenvalue weighted by Gasteiger charge is 2.31. The lowest BCUT2D eigenvalue weighted by Gasteiger charge is -2.34. The predicted octanol–water partition coefficient (Wildman–Crippen LogP) is 4.33.